The highest BCUT2D eigenvalue weighted by molar-refractivity contribution is 6.30. The molecule has 3 aromatic rings. The van der Waals surface area contributed by atoms with Crippen LogP contribution in [0.2, 0.25) is 5.02 Å². The predicted octanol–water partition coefficient (Wildman–Crippen LogP) is 3.07. The molecule has 0 bridgehead atoms. The third kappa shape index (κ3) is 3.40. The summed E-state index contributed by atoms with van der Waals surface area (Å²) in [6, 6.07) is 7.13. The van der Waals surface area contributed by atoms with Crippen molar-refractivity contribution in [2.45, 2.75) is 31.6 Å². The van der Waals surface area contributed by atoms with Crippen LogP contribution in [0.25, 0.3) is 11.0 Å². The van der Waals surface area contributed by atoms with Crippen molar-refractivity contribution in [2.75, 3.05) is 29.9 Å². The molecule has 9 heteroatoms. The molecule has 0 atom stereocenters. The number of amides is 1. The number of piperidine rings is 1. The predicted molar refractivity (Wildman–Crippen MR) is 117 cm³/mol. The van der Waals surface area contributed by atoms with Gasteiger partial charge in [-0.3, -0.25) is 9.89 Å². The number of nitrogens with one attached hydrogen (secondary N) is 2. The first-order valence-corrected chi connectivity index (χ1v) is 10.7. The van der Waals surface area contributed by atoms with Gasteiger partial charge in [0.15, 0.2) is 5.65 Å². The molecule has 2 aliphatic rings. The molecule has 156 valence electrons. The Morgan fingerprint density at radius 3 is 2.63 bits per heavy atom. The van der Waals surface area contributed by atoms with Crippen molar-refractivity contribution in [1.82, 2.24) is 20.2 Å². The number of carbonyl (C=O) groups excluding carboxylic acids is 1. The highest BCUT2D eigenvalue weighted by Gasteiger charge is 2.41. The highest BCUT2D eigenvalue weighted by Crippen LogP contribution is 2.44. The van der Waals surface area contributed by atoms with Crippen LogP contribution in [-0.2, 0) is 4.79 Å². The van der Waals surface area contributed by atoms with Gasteiger partial charge in [-0.1, -0.05) is 11.6 Å². The Balaban J connectivity index is 1.35. The first-order chi connectivity index (χ1) is 14.6. The Morgan fingerprint density at radius 2 is 1.97 bits per heavy atom. The smallest absolute Gasteiger partial charge is 0.232 e. The second-order valence-electron chi connectivity index (χ2n) is 8.24. The summed E-state index contributed by atoms with van der Waals surface area (Å²) in [6.45, 7) is 1.71. The second-order valence-corrected chi connectivity index (χ2v) is 8.68. The molecule has 1 aliphatic heterocycles. The van der Waals surface area contributed by atoms with Gasteiger partial charge in [0.25, 0.3) is 0 Å². The zero-order chi connectivity index (χ0) is 20.7. The fraction of sp³-hybridized carbons (Fsp3) is 0.429. The van der Waals surface area contributed by atoms with Crippen LogP contribution in [0.5, 0.6) is 0 Å². The lowest BCUT2D eigenvalue weighted by Crippen LogP contribution is -2.50. The standard InChI is InChI=1S/C21H24ClN7O/c22-14-3-5-15(6-4-14)26-20(30)21(11-23)7-9-29(10-8-21)19-16-17(13-1-2-13)27-28-18(16)24-12-25-19/h3-6,12-13H,1-2,7-11,23H2,(H,26,30)(H,24,25,27,28). The Labute approximate surface area is 179 Å². The maximum absolute atomic E-state index is 13.1. The number of nitrogens with zero attached hydrogens (tertiary/aromatic N) is 4. The van der Waals surface area contributed by atoms with Crippen molar-refractivity contribution >= 4 is 40.0 Å². The number of rotatable bonds is 5. The van der Waals surface area contributed by atoms with Gasteiger partial charge in [0.1, 0.15) is 12.1 Å². The Kier molecular flexibility index (Phi) is 4.83. The van der Waals surface area contributed by atoms with Gasteiger partial charge in [-0.15, -0.1) is 0 Å². The van der Waals surface area contributed by atoms with E-state index >= 15 is 0 Å². The number of anilines is 2. The Hall–Kier alpha value is -2.71. The first-order valence-electron chi connectivity index (χ1n) is 10.3. The maximum atomic E-state index is 13.1. The summed E-state index contributed by atoms with van der Waals surface area (Å²) < 4.78 is 0. The molecule has 1 aromatic carbocycles. The van der Waals surface area contributed by atoms with Crippen molar-refractivity contribution < 1.29 is 4.79 Å². The number of hydrogen-bond acceptors (Lipinski definition) is 6. The number of fused-ring (bicyclic) bond motifs is 1. The lowest BCUT2D eigenvalue weighted by atomic mass is 9.77. The molecule has 0 spiro atoms. The van der Waals surface area contributed by atoms with E-state index in [9.17, 15) is 4.79 Å². The topological polar surface area (TPSA) is 113 Å². The molecular formula is C21H24ClN7O. The summed E-state index contributed by atoms with van der Waals surface area (Å²) in [7, 11) is 0. The summed E-state index contributed by atoms with van der Waals surface area (Å²) in [4.78, 5) is 24.2. The number of carbonyl (C=O) groups is 1. The van der Waals surface area contributed by atoms with Crippen molar-refractivity contribution in [2.24, 2.45) is 11.1 Å². The van der Waals surface area contributed by atoms with Gasteiger partial charge in [-0.2, -0.15) is 5.10 Å². The largest absolute Gasteiger partial charge is 0.356 e. The van der Waals surface area contributed by atoms with Crippen LogP contribution in [0, 0.1) is 5.41 Å². The molecule has 30 heavy (non-hydrogen) atoms. The van der Waals surface area contributed by atoms with Gasteiger partial charge in [-0.05, 0) is 49.9 Å². The molecule has 3 heterocycles. The minimum absolute atomic E-state index is 0.0400. The summed E-state index contributed by atoms with van der Waals surface area (Å²) in [5.41, 5.74) is 8.08. The van der Waals surface area contributed by atoms with E-state index in [1.165, 1.54) is 12.8 Å². The van der Waals surface area contributed by atoms with Crippen LogP contribution in [0.15, 0.2) is 30.6 Å². The van der Waals surface area contributed by atoms with E-state index in [2.05, 4.69) is 30.4 Å². The molecule has 8 nitrogen and oxygen atoms in total. The number of H-pyrrole nitrogens is 1. The van der Waals surface area contributed by atoms with Crippen LogP contribution in [-0.4, -0.2) is 45.7 Å². The Morgan fingerprint density at radius 1 is 1.23 bits per heavy atom. The van der Waals surface area contributed by atoms with Crippen LogP contribution < -0.4 is 16.0 Å². The molecule has 0 radical (unpaired) electrons. The van der Waals surface area contributed by atoms with Crippen LogP contribution in [0.3, 0.4) is 0 Å². The van der Waals surface area contributed by atoms with E-state index < -0.39 is 5.41 Å². The monoisotopic (exact) mass is 425 g/mol. The quantitative estimate of drug-likeness (QED) is 0.579. The van der Waals surface area contributed by atoms with Gasteiger partial charge < -0.3 is 16.0 Å². The summed E-state index contributed by atoms with van der Waals surface area (Å²) in [6.07, 6.45) is 5.23. The van der Waals surface area contributed by atoms with Gasteiger partial charge in [-0.25, -0.2) is 9.97 Å². The molecule has 0 unspecified atom stereocenters. The van der Waals surface area contributed by atoms with E-state index in [1.807, 2.05) is 0 Å². The minimum atomic E-state index is -0.599. The number of benzene rings is 1. The molecule has 5 rings (SSSR count). The number of aromatic amines is 1. The Bertz CT molecular complexity index is 1070. The van der Waals surface area contributed by atoms with Crippen molar-refractivity contribution in [3.05, 3.63) is 41.3 Å². The zero-order valence-electron chi connectivity index (χ0n) is 16.6. The molecular weight excluding hydrogens is 402 g/mol. The third-order valence-corrected chi connectivity index (χ3v) is 6.59. The number of hydrogen-bond donors (Lipinski definition) is 3. The molecule has 2 aromatic heterocycles. The number of halogens is 1. The number of nitrogens with two attached hydrogens (primary N) is 1. The van der Waals surface area contributed by atoms with E-state index in [1.54, 1.807) is 30.6 Å². The average molecular weight is 426 g/mol. The van der Waals surface area contributed by atoms with E-state index in [4.69, 9.17) is 17.3 Å². The molecule has 1 saturated heterocycles. The summed E-state index contributed by atoms with van der Waals surface area (Å²) in [5, 5.41) is 12.2. The SMILES string of the molecule is NCC1(C(=O)Nc2ccc(Cl)cc2)CCN(c2ncnc3n[nH]c(C4CC4)c23)CC1. The summed E-state index contributed by atoms with van der Waals surface area (Å²) in [5.74, 6) is 1.39. The first kappa shape index (κ1) is 19.3. The van der Waals surface area contributed by atoms with Gasteiger partial charge in [0, 0.05) is 36.3 Å². The molecule has 1 amide bonds. The third-order valence-electron chi connectivity index (χ3n) is 6.34. The average Bonchev–Trinajstić information content (AvgIpc) is 3.53. The summed E-state index contributed by atoms with van der Waals surface area (Å²) >= 11 is 5.94. The van der Waals surface area contributed by atoms with E-state index in [0.29, 0.717) is 49.1 Å². The fourth-order valence-electron chi connectivity index (χ4n) is 4.24. The maximum Gasteiger partial charge on any atom is 0.232 e. The van der Waals surface area contributed by atoms with Crippen LogP contribution in [0.4, 0.5) is 11.5 Å². The fourth-order valence-corrected chi connectivity index (χ4v) is 4.36. The van der Waals surface area contributed by atoms with Crippen LogP contribution in [0.1, 0.15) is 37.3 Å². The van der Waals surface area contributed by atoms with Gasteiger partial charge >= 0.3 is 0 Å². The minimum Gasteiger partial charge on any atom is -0.356 e. The number of aromatic nitrogens is 4. The highest BCUT2D eigenvalue weighted by atomic mass is 35.5. The van der Waals surface area contributed by atoms with Crippen molar-refractivity contribution in [3.63, 3.8) is 0 Å². The molecule has 1 saturated carbocycles. The second kappa shape index (κ2) is 7.52. The van der Waals surface area contributed by atoms with Crippen molar-refractivity contribution in [3.8, 4) is 0 Å². The zero-order valence-corrected chi connectivity index (χ0v) is 17.3. The van der Waals surface area contributed by atoms with Gasteiger partial charge in [0.2, 0.25) is 5.91 Å². The normalized spacial score (nSPS) is 18.5. The molecule has 2 fully saturated rings. The lowest BCUT2D eigenvalue weighted by molar-refractivity contribution is -0.126. The lowest BCUT2D eigenvalue weighted by Gasteiger charge is -2.40. The molecule has 4 N–H and O–H groups in total. The molecule has 1 aliphatic carbocycles. The van der Waals surface area contributed by atoms with Gasteiger partial charge in [0.05, 0.1) is 16.5 Å². The van der Waals surface area contributed by atoms with Crippen molar-refractivity contribution in [1.29, 1.82) is 0 Å². The van der Waals surface area contributed by atoms with Crippen LogP contribution >= 0.6 is 11.6 Å². The van der Waals surface area contributed by atoms with E-state index in [0.717, 1.165) is 22.6 Å². The van der Waals surface area contributed by atoms with E-state index in [-0.39, 0.29) is 5.91 Å².